The molecule has 2 heterocycles. The molecule has 1 atom stereocenters. The fraction of sp³-hybridized carbons (Fsp3) is 0.267. The van der Waals surface area contributed by atoms with Crippen molar-refractivity contribution < 1.29 is 4.42 Å². The van der Waals surface area contributed by atoms with E-state index in [1.165, 1.54) is 0 Å². The van der Waals surface area contributed by atoms with Gasteiger partial charge in [0.1, 0.15) is 11.9 Å². The van der Waals surface area contributed by atoms with Gasteiger partial charge in [-0.25, -0.2) is 4.68 Å². The lowest BCUT2D eigenvalue weighted by molar-refractivity contribution is 0.450. The molecule has 0 bridgehead atoms. The summed E-state index contributed by atoms with van der Waals surface area (Å²) in [6.07, 6.45) is 0. The SMILES string of the molecule is Cc1nnc([C@@H](C)Nc2cc(C)n(-c3ccccc3Cl)n2)o1. The van der Waals surface area contributed by atoms with Crippen LogP contribution in [0.1, 0.15) is 30.4 Å². The molecule has 2 aromatic heterocycles. The van der Waals surface area contributed by atoms with Gasteiger partial charge in [-0.05, 0) is 26.0 Å². The highest BCUT2D eigenvalue weighted by molar-refractivity contribution is 6.32. The predicted octanol–water partition coefficient (Wildman–Crippen LogP) is 3.70. The zero-order chi connectivity index (χ0) is 15.7. The molecule has 6 nitrogen and oxygen atoms in total. The van der Waals surface area contributed by atoms with Gasteiger partial charge in [0.05, 0.1) is 10.7 Å². The number of nitrogens with one attached hydrogen (secondary N) is 1. The van der Waals surface area contributed by atoms with Crippen LogP contribution in [-0.2, 0) is 0 Å². The van der Waals surface area contributed by atoms with Gasteiger partial charge in [-0.15, -0.1) is 10.2 Å². The van der Waals surface area contributed by atoms with E-state index in [0.29, 0.717) is 16.8 Å². The van der Waals surface area contributed by atoms with E-state index >= 15 is 0 Å². The lowest BCUT2D eigenvalue weighted by Crippen LogP contribution is -2.08. The van der Waals surface area contributed by atoms with Crippen LogP contribution in [0.25, 0.3) is 5.69 Å². The Balaban J connectivity index is 1.85. The van der Waals surface area contributed by atoms with Crippen LogP contribution < -0.4 is 5.32 Å². The fourth-order valence-corrected chi connectivity index (χ4v) is 2.40. The standard InChI is InChI=1S/C15H16ClN5O/c1-9-8-14(17-10(2)15-19-18-11(3)22-15)20-21(9)13-7-5-4-6-12(13)16/h4-8,10H,1-3H3,(H,17,20)/t10-/m1/s1. The zero-order valence-electron chi connectivity index (χ0n) is 12.5. The van der Waals surface area contributed by atoms with Crippen molar-refractivity contribution in [1.82, 2.24) is 20.0 Å². The summed E-state index contributed by atoms with van der Waals surface area (Å²) in [6, 6.07) is 9.41. The fourth-order valence-electron chi connectivity index (χ4n) is 2.18. The van der Waals surface area contributed by atoms with Gasteiger partial charge >= 0.3 is 0 Å². The van der Waals surface area contributed by atoms with Crippen LogP contribution in [0.2, 0.25) is 5.02 Å². The summed E-state index contributed by atoms with van der Waals surface area (Å²) < 4.78 is 7.22. The lowest BCUT2D eigenvalue weighted by Gasteiger charge is -2.08. The summed E-state index contributed by atoms with van der Waals surface area (Å²) in [5.41, 5.74) is 1.82. The highest BCUT2D eigenvalue weighted by Crippen LogP contribution is 2.24. The Kier molecular flexibility index (Phi) is 3.85. The maximum atomic E-state index is 6.23. The second kappa shape index (κ2) is 5.81. The molecule has 0 aliphatic carbocycles. The Bertz CT molecular complexity index is 795. The van der Waals surface area contributed by atoms with Gasteiger partial charge in [-0.2, -0.15) is 5.10 Å². The van der Waals surface area contributed by atoms with Gasteiger partial charge in [0.25, 0.3) is 0 Å². The van der Waals surface area contributed by atoms with Crippen LogP contribution in [0, 0.1) is 13.8 Å². The third kappa shape index (κ3) is 2.82. The number of aromatic nitrogens is 4. The van der Waals surface area contributed by atoms with E-state index in [1.807, 2.05) is 44.2 Å². The molecular formula is C15H16ClN5O. The molecule has 3 rings (SSSR count). The highest BCUT2D eigenvalue weighted by atomic mass is 35.5. The number of para-hydroxylation sites is 1. The number of halogens is 1. The second-order valence-electron chi connectivity index (χ2n) is 5.06. The first kappa shape index (κ1) is 14.6. The Morgan fingerprint density at radius 2 is 2.00 bits per heavy atom. The number of hydrogen-bond acceptors (Lipinski definition) is 5. The molecule has 7 heteroatoms. The van der Waals surface area contributed by atoms with Crippen molar-refractivity contribution in [1.29, 1.82) is 0 Å². The largest absolute Gasteiger partial charge is 0.423 e. The van der Waals surface area contributed by atoms with E-state index in [9.17, 15) is 0 Å². The van der Waals surface area contributed by atoms with Crippen molar-refractivity contribution in [2.24, 2.45) is 0 Å². The number of nitrogens with zero attached hydrogens (tertiary/aromatic N) is 4. The summed E-state index contributed by atoms with van der Waals surface area (Å²) >= 11 is 6.23. The van der Waals surface area contributed by atoms with Crippen molar-refractivity contribution in [2.45, 2.75) is 26.8 Å². The minimum atomic E-state index is -0.129. The van der Waals surface area contributed by atoms with Crippen molar-refractivity contribution in [3.05, 3.63) is 52.8 Å². The molecule has 1 N–H and O–H groups in total. The molecule has 3 aromatic rings. The topological polar surface area (TPSA) is 68.8 Å². The maximum Gasteiger partial charge on any atom is 0.238 e. The summed E-state index contributed by atoms with van der Waals surface area (Å²) in [5, 5.41) is 16.3. The van der Waals surface area contributed by atoms with E-state index in [4.69, 9.17) is 16.0 Å². The first-order valence-corrected chi connectivity index (χ1v) is 7.30. The van der Waals surface area contributed by atoms with Crippen molar-refractivity contribution in [2.75, 3.05) is 5.32 Å². The first-order valence-electron chi connectivity index (χ1n) is 6.92. The van der Waals surface area contributed by atoms with Gasteiger partial charge in [-0.1, -0.05) is 23.7 Å². The quantitative estimate of drug-likeness (QED) is 0.794. The number of benzene rings is 1. The Morgan fingerprint density at radius 1 is 1.23 bits per heavy atom. The molecule has 0 radical (unpaired) electrons. The molecule has 1 aromatic carbocycles. The van der Waals surface area contributed by atoms with Crippen molar-refractivity contribution in [3.8, 4) is 5.69 Å². The van der Waals surface area contributed by atoms with Crippen LogP contribution in [-0.4, -0.2) is 20.0 Å². The van der Waals surface area contributed by atoms with Crippen molar-refractivity contribution >= 4 is 17.4 Å². The molecule has 0 saturated heterocycles. The molecule has 0 spiro atoms. The molecule has 0 fully saturated rings. The minimum absolute atomic E-state index is 0.129. The summed E-state index contributed by atoms with van der Waals surface area (Å²) in [7, 11) is 0. The van der Waals surface area contributed by atoms with Crippen LogP contribution in [0.5, 0.6) is 0 Å². The van der Waals surface area contributed by atoms with Gasteiger partial charge in [0.15, 0.2) is 0 Å². The summed E-state index contributed by atoms with van der Waals surface area (Å²) in [5.74, 6) is 1.80. The van der Waals surface area contributed by atoms with E-state index in [2.05, 4.69) is 20.6 Å². The van der Waals surface area contributed by atoms with Crippen molar-refractivity contribution in [3.63, 3.8) is 0 Å². The van der Waals surface area contributed by atoms with Gasteiger partial charge in [0, 0.05) is 18.7 Å². The molecule has 0 aliphatic heterocycles. The van der Waals surface area contributed by atoms with E-state index in [1.54, 1.807) is 11.6 Å². The molecule has 114 valence electrons. The normalized spacial score (nSPS) is 12.4. The van der Waals surface area contributed by atoms with Crippen LogP contribution in [0.3, 0.4) is 0 Å². The van der Waals surface area contributed by atoms with Crippen LogP contribution in [0.4, 0.5) is 5.82 Å². The van der Waals surface area contributed by atoms with Gasteiger partial charge in [-0.3, -0.25) is 0 Å². The number of aryl methyl sites for hydroxylation is 2. The molecule has 0 saturated carbocycles. The van der Waals surface area contributed by atoms with E-state index in [-0.39, 0.29) is 6.04 Å². The number of hydrogen-bond donors (Lipinski definition) is 1. The highest BCUT2D eigenvalue weighted by Gasteiger charge is 2.15. The monoisotopic (exact) mass is 317 g/mol. The lowest BCUT2D eigenvalue weighted by atomic mass is 10.3. The smallest absolute Gasteiger partial charge is 0.238 e. The van der Waals surface area contributed by atoms with E-state index < -0.39 is 0 Å². The van der Waals surface area contributed by atoms with Crippen LogP contribution in [0.15, 0.2) is 34.7 Å². The average molecular weight is 318 g/mol. The Hall–Kier alpha value is -2.34. The third-order valence-corrected chi connectivity index (χ3v) is 3.56. The second-order valence-corrected chi connectivity index (χ2v) is 5.47. The predicted molar refractivity (Wildman–Crippen MR) is 84.4 cm³/mol. The molecular weight excluding hydrogens is 302 g/mol. The molecule has 22 heavy (non-hydrogen) atoms. The number of anilines is 1. The Morgan fingerprint density at radius 3 is 2.68 bits per heavy atom. The molecule has 0 amide bonds. The van der Waals surface area contributed by atoms with Gasteiger partial charge in [0.2, 0.25) is 11.8 Å². The minimum Gasteiger partial charge on any atom is -0.423 e. The summed E-state index contributed by atoms with van der Waals surface area (Å²) in [4.78, 5) is 0. The van der Waals surface area contributed by atoms with Gasteiger partial charge < -0.3 is 9.73 Å². The number of rotatable bonds is 4. The average Bonchev–Trinajstić information content (AvgIpc) is 3.06. The maximum absolute atomic E-state index is 6.23. The Labute approximate surface area is 133 Å². The first-order chi connectivity index (χ1) is 10.5. The molecule has 0 unspecified atom stereocenters. The summed E-state index contributed by atoms with van der Waals surface area (Å²) in [6.45, 7) is 5.68. The molecule has 0 aliphatic rings. The van der Waals surface area contributed by atoms with Crippen LogP contribution >= 0.6 is 11.6 Å². The zero-order valence-corrected chi connectivity index (χ0v) is 13.3. The van der Waals surface area contributed by atoms with E-state index in [0.717, 1.165) is 17.2 Å². The third-order valence-electron chi connectivity index (χ3n) is 3.24.